The number of hydrogen-bond donors (Lipinski definition) is 2. The van der Waals surface area contributed by atoms with Crippen LogP contribution in [0.2, 0.25) is 0 Å². The van der Waals surface area contributed by atoms with Gasteiger partial charge in [-0.25, -0.2) is 9.59 Å². The molecular formula is C18H28N2O4. The van der Waals surface area contributed by atoms with Crippen LogP contribution >= 0.6 is 0 Å². The quantitative estimate of drug-likeness (QED) is 0.788. The van der Waals surface area contributed by atoms with Crippen LogP contribution in [0.1, 0.15) is 38.3 Å². The molecule has 0 fully saturated rings. The molecule has 0 saturated heterocycles. The first kappa shape index (κ1) is 19.8. The van der Waals surface area contributed by atoms with E-state index in [-0.39, 0.29) is 18.6 Å². The van der Waals surface area contributed by atoms with E-state index in [0.29, 0.717) is 13.0 Å². The third-order valence-corrected chi connectivity index (χ3v) is 3.62. The number of carbonyl (C=O) groups excluding carboxylic acids is 2. The number of carbonyl (C=O) groups is 2. The van der Waals surface area contributed by atoms with Crippen LogP contribution in [0.15, 0.2) is 18.2 Å². The van der Waals surface area contributed by atoms with E-state index in [2.05, 4.69) is 10.6 Å². The molecule has 1 rings (SSSR count). The highest BCUT2D eigenvalue weighted by Gasteiger charge is 2.15. The second kappa shape index (κ2) is 9.80. The molecule has 0 bridgehead atoms. The van der Waals surface area contributed by atoms with Crippen LogP contribution in [0.25, 0.3) is 0 Å². The highest BCUT2D eigenvalue weighted by atomic mass is 16.6. The largest absolute Gasteiger partial charge is 0.449 e. The Labute approximate surface area is 143 Å². The predicted molar refractivity (Wildman–Crippen MR) is 94.3 cm³/mol. The number of aryl methyl sites for hydroxylation is 1. The monoisotopic (exact) mass is 336 g/mol. The summed E-state index contributed by atoms with van der Waals surface area (Å²) in [5.41, 5.74) is 2.81. The van der Waals surface area contributed by atoms with Gasteiger partial charge in [-0.2, -0.15) is 0 Å². The highest BCUT2D eigenvalue weighted by molar-refractivity contribution is 5.85. The summed E-state index contributed by atoms with van der Waals surface area (Å²) in [5, 5.41) is 5.41. The van der Waals surface area contributed by atoms with E-state index >= 15 is 0 Å². The van der Waals surface area contributed by atoms with Crippen molar-refractivity contribution in [2.45, 2.75) is 47.1 Å². The van der Waals surface area contributed by atoms with E-state index in [1.54, 1.807) is 0 Å². The standard InChI is InChI=1S/C18H28N2O4/c1-6-15(19-17(21)23-10-12(2)3)11-24-18(22)20-16-9-7-8-13(4)14(16)5/h7-9,12,15H,6,10-11H2,1-5H3,(H,19,21)(H,20,22)/t15-/m0/s1. The maximum absolute atomic E-state index is 11.9. The van der Waals surface area contributed by atoms with Crippen molar-refractivity contribution in [3.05, 3.63) is 29.3 Å². The number of hydrogen-bond acceptors (Lipinski definition) is 4. The molecule has 1 aromatic carbocycles. The molecule has 0 aromatic heterocycles. The number of rotatable bonds is 7. The average molecular weight is 336 g/mol. The molecule has 0 aliphatic heterocycles. The zero-order valence-corrected chi connectivity index (χ0v) is 15.1. The van der Waals surface area contributed by atoms with Gasteiger partial charge >= 0.3 is 12.2 Å². The van der Waals surface area contributed by atoms with Crippen molar-refractivity contribution < 1.29 is 19.1 Å². The first-order valence-corrected chi connectivity index (χ1v) is 8.26. The Bertz CT molecular complexity index is 558. The van der Waals surface area contributed by atoms with E-state index in [1.165, 1.54) is 0 Å². The number of ether oxygens (including phenoxy) is 2. The van der Waals surface area contributed by atoms with Gasteiger partial charge in [-0.15, -0.1) is 0 Å². The minimum absolute atomic E-state index is 0.0873. The number of benzene rings is 1. The Morgan fingerprint density at radius 1 is 1.08 bits per heavy atom. The van der Waals surface area contributed by atoms with Gasteiger partial charge in [-0.05, 0) is 43.4 Å². The summed E-state index contributed by atoms with van der Waals surface area (Å²) in [5.74, 6) is 0.274. The summed E-state index contributed by atoms with van der Waals surface area (Å²) in [6, 6.07) is 5.39. The lowest BCUT2D eigenvalue weighted by Gasteiger charge is -2.18. The van der Waals surface area contributed by atoms with Crippen LogP contribution < -0.4 is 10.6 Å². The molecule has 134 valence electrons. The second-order valence-electron chi connectivity index (χ2n) is 6.21. The normalized spacial score (nSPS) is 11.8. The molecule has 1 aromatic rings. The molecule has 0 aliphatic carbocycles. The SMILES string of the molecule is CC[C@@H](COC(=O)Nc1cccc(C)c1C)NC(=O)OCC(C)C. The van der Waals surface area contributed by atoms with E-state index < -0.39 is 12.2 Å². The summed E-state index contributed by atoms with van der Waals surface area (Å²) < 4.78 is 10.3. The lowest BCUT2D eigenvalue weighted by Crippen LogP contribution is -2.39. The zero-order chi connectivity index (χ0) is 18.1. The number of alkyl carbamates (subject to hydrolysis) is 1. The van der Waals surface area contributed by atoms with Crippen molar-refractivity contribution in [2.24, 2.45) is 5.92 Å². The lowest BCUT2D eigenvalue weighted by atomic mass is 10.1. The molecule has 6 nitrogen and oxygen atoms in total. The fourth-order valence-electron chi connectivity index (χ4n) is 1.92. The molecule has 2 N–H and O–H groups in total. The van der Waals surface area contributed by atoms with Crippen molar-refractivity contribution in [1.29, 1.82) is 0 Å². The summed E-state index contributed by atoms with van der Waals surface area (Å²) in [6.07, 6.45) is -0.401. The molecule has 0 spiro atoms. The maximum Gasteiger partial charge on any atom is 0.411 e. The maximum atomic E-state index is 11.9. The molecule has 0 heterocycles. The van der Waals surface area contributed by atoms with Crippen molar-refractivity contribution in [1.82, 2.24) is 5.32 Å². The molecule has 1 atom stereocenters. The summed E-state index contributed by atoms with van der Waals surface area (Å²) in [7, 11) is 0. The lowest BCUT2D eigenvalue weighted by molar-refractivity contribution is 0.116. The third-order valence-electron chi connectivity index (χ3n) is 3.62. The molecule has 0 radical (unpaired) electrons. The van der Waals surface area contributed by atoms with Crippen LogP contribution in [0, 0.1) is 19.8 Å². The van der Waals surface area contributed by atoms with E-state index in [4.69, 9.17) is 9.47 Å². The van der Waals surface area contributed by atoms with E-state index in [0.717, 1.165) is 16.8 Å². The number of nitrogens with one attached hydrogen (secondary N) is 2. The topological polar surface area (TPSA) is 76.7 Å². The zero-order valence-electron chi connectivity index (χ0n) is 15.1. The molecule has 24 heavy (non-hydrogen) atoms. The number of amides is 2. The minimum atomic E-state index is -0.542. The van der Waals surface area contributed by atoms with Gasteiger partial charge in [0.1, 0.15) is 6.61 Å². The Kier molecular flexibility index (Phi) is 8.09. The van der Waals surface area contributed by atoms with Gasteiger partial charge < -0.3 is 14.8 Å². The first-order valence-electron chi connectivity index (χ1n) is 8.26. The Balaban J connectivity index is 2.43. The Morgan fingerprint density at radius 3 is 2.38 bits per heavy atom. The van der Waals surface area contributed by atoms with Gasteiger partial charge in [-0.3, -0.25) is 5.32 Å². The predicted octanol–water partition coefficient (Wildman–Crippen LogP) is 4.01. The van der Waals surface area contributed by atoms with Gasteiger partial charge in [0.05, 0.1) is 12.6 Å². The van der Waals surface area contributed by atoms with Gasteiger partial charge in [0.25, 0.3) is 0 Å². The van der Waals surface area contributed by atoms with Crippen LogP contribution in [0.3, 0.4) is 0 Å². The van der Waals surface area contributed by atoms with Crippen molar-refractivity contribution in [2.75, 3.05) is 18.5 Å². The minimum Gasteiger partial charge on any atom is -0.449 e. The van der Waals surface area contributed by atoms with Gasteiger partial charge in [-0.1, -0.05) is 32.9 Å². The van der Waals surface area contributed by atoms with Crippen molar-refractivity contribution in [3.8, 4) is 0 Å². The molecule has 2 amide bonds. The van der Waals surface area contributed by atoms with Crippen LogP contribution in [0.5, 0.6) is 0 Å². The summed E-state index contributed by atoms with van der Waals surface area (Å²) >= 11 is 0. The van der Waals surface area contributed by atoms with Crippen molar-refractivity contribution in [3.63, 3.8) is 0 Å². The summed E-state index contributed by atoms with van der Waals surface area (Å²) in [4.78, 5) is 23.6. The highest BCUT2D eigenvalue weighted by Crippen LogP contribution is 2.18. The average Bonchev–Trinajstić information content (AvgIpc) is 2.53. The van der Waals surface area contributed by atoms with Gasteiger partial charge in [0.2, 0.25) is 0 Å². The van der Waals surface area contributed by atoms with Gasteiger partial charge in [0, 0.05) is 5.69 Å². The fourth-order valence-corrected chi connectivity index (χ4v) is 1.92. The first-order chi connectivity index (χ1) is 11.3. The number of anilines is 1. The van der Waals surface area contributed by atoms with Crippen molar-refractivity contribution >= 4 is 17.9 Å². The van der Waals surface area contributed by atoms with Crippen LogP contribution in [-0.2, 0) is 9.47 Å². The molecule has 0 unspecified atom stereocenters. The smallest absolute Gasteiger partial charge is 0.411 e. The third kappa shape index (κ3) is 6.89. The van der Waals surface area contributed by atoms with E-state index in [1.807, 2.05) is 52.8 Å². The Morgan fingerprint density at radius 2 is 1.75 bits per heavy atom. The summed E-state index contributed by atoms with van der Waals surface area (Å²) in [6.45, 7) is 10.2. The van der Waals surface area contributed by atoms with Crippen LogP contribution in [-0.4, -0.2) is 31.4 Å². The van der Waals surface area contributed by atoms with Gasteiger partial charge in [0.15, 0.2) is 0 Å². The molecular weight excluding hydrogens is 308 g/mol. The fraction of sp³-hybridized carbons (Fsp3) is 0.556. The molecule has 0 saturated carbocycles. The Hall–Kier alpha value is -2.24. The van der Waals surface area contributed by atoms with Crippen LogP contribution in [0.4, 0.5) is 15.3 Å². The second-order valence-corrected chi connectivity index (χ2v) is 6.21. The molecule has 6 heteroatoms. The van der Waals surface area contributed by atoms with E-state index in [9.17, 15) is 9.59 Å². The molecule has 0 aliphatic rings.